The van der Waals surface area contributed by atoms with Crippen molar-refractivity contribution in [3.63, 3.8) is 0 Å². The second kappa shape index (κ2) is 11.3. The van der Waals surface area contributed by atoms with E-state index in [1.807, 2.05) is 18.2 Å². The van der Waals surface area contributed by atoms with Gasteiger partial charge in [0.2, 0.25) is 0 Å². The lowest BCUT2D eigenvalue weighted by atomic mass is 10.0. The van der Waals surface area contributed by atoms with Crippen molar-refractivity contribution >= 4 is 33.5 Å². The first-order chi connectivity index (χ1) is 11.0. The van der Waals surface area contributed by atoms with Gasteiger partial charge in [-0.3, -0.25) is 9.59 Å². The number of aliphatic carboxylic acids is 1. The Morgan fingerprint density at radius 3 is 2.65 bits per heavy atom. The Balaban J connectivity index is 2.21. The van der Waals surface area contributed by atoms with Crippen molar-refractivity contribution < 1.29 is 19.4 Å². The van der Waals surface area contributed by atoms with E-state index in [0.717, 1.165) is 17.9 Å². The number of unbranched alkanes of at least 4 members (excludes halogenated alkanes) is 1. The first-order valence-corrected chi connectivity index (χ1v) is 9.89. The van der Waals surface area contributed by atoms with Crippen molar-refractivity contribution in [2.45, 2.75) is 49.8 Å². The zero-order valence-corrected chi connectivity index (χ0v) is 15.1. The van der Waals surface area contributed by atoms with Crippen molar-refractivity contribution in [2.75, 3.05) is 6.61 Å². The molecule has 2 unspecified atom stereocenters. The standard InChI is InChI=1S/C16H23NO4S2/c1-3-21-16(20)13(15(18)19)9-5-4-8-12(2)22-23-14-10-6-7-11-17-14/h6-7,10-13H,3-5,8-9H2,1-2H3,(H,18,19). The quantitative estimate of drug-likeness (QED) is 0.277. The number of ether oxygens (including phenoxy) is 1. The van der Waals surface area contributed by atoms with Crippen molar-refractivity contribution in [3.8, 4) is 0 Å². The molecule has 0 aliphatic heterocycles. The molecule has 7 heteroatoms. The summed E-state index contributed by atoms with van der Waals surface area (Å²) in [5, 5.41) is 10.5. The maximum Gasteiger partial charge on any atom is 0.320 e. The Labute approximate surface area is 145 Å². The van der Waals surface area contributed by atoms with Gasteiger partial charge in [0.25, 0.3) is 0 Å². The van der Waals surface area contributed by atoms with E-state index in [0.29, 0.717) is 18.1 Å². The van der Waals surface area contributed by atoms with Crippen LogP contribution in [0.25, 0.3) is 0 Å². The lowest BCUT2D eigenvalue weighted by Gasteiger charge is -2.12. The van der Waals surface area contributed by atoms with E-state index in [-0.39, 0.29) is 6.61 Å². The monoisotopic (exact) mass is 357 g/mol. The molecule has 0 amide bonds. The Kier molecular flexibility index (Phi) is 9.78. The van der Waals surface area contributed by atoms with Crippen LogP contribution in [0.3, 0.4) is 0 Å². The highest BCUT2D eigenvalue weighted by molar-refractivity contribution is 8.76. The highest BCUT2D eigenvalue weighted by Crippen LogP contribution is 2.34. The normalized spacial score (nSPS) is 13.3. The number of nitrogens with zero attached hydrogens (tertiary/aromatic N) is 1. The van der Waals surface area contributed by atoms with Gasteiger partial charge in [0.1, 0.15) is 5.03 Å². The molecule has 1 heterocycles. The van der Waals surface area contributed by atoms with E-state index < -0.39 is 17.9 Å². The molecule has 0 aliphatic carbocycles. The lowest BCUT2D eigenvalue weighted by molar-refractivity contribution is -0.158. The molecule has 23 heavy (non-hydrogen) atoms. The zero-order chi connectivity index (χ0) is 17.1. The average Bonchev–Trinajstić information content (AvgIpc) is 2.53. The van der Waals surface area contributed by atoms with E-state index in [1.54, 1.807) is 34.7 Å². The Morgan fingerprint density at radius 2 is 2.04 bits per heavy atom. The minimum Gasteiger partial charge on any atom is -0.481 e. The van der Waals surface area contributed by atoms with Crippen molar-refractivity contribution in [1.29, 1.82) is 0 Å². The van der Waals surface area contributed by atoms with Gasteiger partial charge in [-0.1, -0.05) is 36.6 Å². The number of carbonyl (C=O) groups excluding carboxylic acids is 1. The van der Waals surface area contributed by atoms with Crippen LogP contribution in [0.15, 0.2) is 29.4 Å². The van der Waals surface area contributed by atoms with Gasteiger partial charge in [-0.05, 0) is 42.7 Å². The summed E-state index contributed by atoms with van der Waals surface area (Å²) in [6.07, 6.45) is 4.67. The maximum absolute atomic E-state index is 11.6. The second-order valence-corrected chi connectivity index (χ2v) is 7.74. The van der Waals surface area contributed by atoms with Crippen molar-refractivity contribution in [1.82, 2.24) is 4.98 Å². The van der Waals surface area contributed by atoms with Gasteiger partial charge in [0, 0.05) is 11.4 Å². The smallest absolute Gasteiger partial charge is 0.320 e. The summed E-state index contributed by atoms with van der Waals surface area (Å²) in [6, 6.07) is 5.82. The molecule has 1 aromatic heterocycles. The fraction of sp³-hybridized carbons (Fsp3) is 0.562. The summed E-state index contributed by atoms with van der Waals surface area (Å²) >= 11 is 0. The number of carboxylic acids is 1. The third kappa shape index (κ3) is 8.27. The number of hydrogen-bond donors (Lipinski definition) is 1. The van der Waals surface area contributed by atoms with Crippen LogP contribution in [-0.2, 0) is 14.3 Å². The molecule has 128 valence electrons. The molecule has 0 saturated carbocycles. The van der Waals surface area contributed by atoms with E-state index >= 15 is 0 Å². The fourth-order valence-corrected chi connectivity index (χ4v) is 4.08. The molecule has 2 atom stereocenters. The molecule has 0 spiro atoms. The second-order valence-electron chi connectivity index (χ2n) is 5.09. The van der Waals surface area contributed by atoms with Crippen LogP contribution in [0, 0.1) is 5.92 Å². The van der Waals surface area contributed by atoms with Gasteiger partial charge in [0.05, 0.1) is 6.61 Å². The number of hydrogen-bond acceptors (Lipinski definition) is 6. The molecule has 1 N–H and O–H groups in total. The number of carbonyl (C=O) groups is 2. The number of rotatable bonds is 11. The largest absolute Gasteiger partial charge is 0.481 e. The van der Waals surface area contributed by atoms with Gasteiger partial charge in [-0.25, -0.2) is 4.98 Å². The minimum absolute atomic E-state index is 0.209. The molecule has 0 aromatic carbocycles. The van der Waals surface area contributed by atoms with Crippen LogP contribution in [0.2, 0.25) is 0 Å². The molecule has 1 aromatic rings. The highest BCUT2D eigenvalue weighted by Gasteiger charge is 2.26. The fourth-order valence-electron chi connectivity index (χ4n) is 1.94. The summed E-state index contributed by atoms with van der Waals surface area (Å²) in [7, 11) is 3.40. The summed E-state index contributed by atoms with van der Waals surface area (Å²) in [5.41, 5.74) is 0. The van der Waals surface area contributed by atoms with Gasteiger partial charge < -0.3 is 9.84 Å². The number of esters is 1. The van der Waals surface area contributed by atoms with E-state index in [9.17, 15) is 9.59 Å². The van der Waals surface area contributed by atoms with Crippen molar-refractivity contribution in [3.05, 3.63) is 24.4 Å². The number of carboxylic acid groups (broad SMARTS) is 1. The third-order valence-electron chi connectivity index (χ3n) is 3.16. The van der Waals surface area contributed by atoms with Gasteiger partial charge in [0.15, 0.2) is 5.92 Å². The Morgan fingerprint density at radius 1 is 1.30 bits per heavy atom. The zero-order valence-electron chi connectivity index (χ0n) is 13.4. The molecule has 1 rings (SSSR count). The van der Waals surface area contributed by atoms with Crippen molar-refractivity contribution in [2.24, 2.45) is 5.92 Å². The summed E-state index contributed by atoms with van der Waals surface area (Å²) < 4.78 is 4.80. The first kappa shape index (κ1) is 19.8. The summed E-state index contributed by atoms with van der Waals surface area (Å²) in [5.74, 6) is -2.77. The van der Waals surface area contributed by atoms with Crippen LogP contribution in [0.4, 0.5) is 0 Å². The first-order valence-electron chi connectivity index (χ1n) is 7.68. The third-order valence-corrected chi connectivity index (χ3v) is 6.02. The van der Waals surface area contributed by atoms with Gasteiger partial charge in [-0.2, -0.15) is 0 Å². The molecule has 0 fully saturated rings. The molecular formula is C16H23NO4S2. The van der Waals surface area contributed by atoms with Crippen LogP contribution >= 0.6 is 21.6 Å². The minimum atomic E-state index is -1.10. The molecule has 0 aliphatic rings. The predicted molar refractivity (Wildman–Crippen MR) is 93.4 cm³/mol. The Bertz CT molecular complexity index is 484. The van der Waals surface area contributed by atoms with Gasteiger partial charge in [-0.15, -0.1) is 0 Å². The van der Waals surface area contributed by atoms with Gasteiger partial charge >= 0.3 is 11.9 Å². The number of aromatic nitrogens is 1. The molecule has 0 saturated heterocycles. The van der Waals surface area contributed by atoms with Crippen LogP contribution in [-0.4, -0.2) is 33.9 Å². The van der Waals surface area contributed by atoms with E-state index in [2.05, 4.69) is 11.9 Å². The van der Waals surface area contributed by atoms with E-state index in [1.165, 1.54) is 0 Å². The molecule has 0 bridgehead atoms. The van der Waals surface area contributed by atoms with E-state index in [4.69, 9.17) is 9.84 Å². The SMILES string of the molecule is CCOC(=O)C(CCCCC(C)SSc1ccccn1)C(=O)O. The molecule has 0 radical (unpaired) electrons. The predicted octanol–water partition coefficient (Wildman–Crippen LogP) is 4.03. The summed E-state index contributed by atoms with van der Waals surface area (Å²) in [4.78, 5) is 26.9. The maximum atomic E-state index is 11.6. The van der Waals surface area contributed by atoms with Crippen LogP contribution in [0.5, 0.6) is 0 Å². The van der Waals surface area contributed by atoms with Crippen LogP contribution in [0.1, 0.15) is 39.5 Å². The molecular weight excluding hydrogens is 334 g/mol. The number of pyridine rings is 1. The molecule has 5 nitrogen and oxygen atoms in total. The average molecular weight is 357 g/mol. The Hall–Kier alpha value is -1.21. The topological polar surface area (TPSA) is 76.5 Å². The highest BCUT2D eigenvalue weighted by atomic mass is 33.1. The van der Waals surface area contributed by atoms with Crippen LogP contribution < -0.4 is 0 Å². The summed E-state index contributed by atoms with van der Waals surface area (Å²) in [6.45, 7) is 4.02. The lowest BCUT2D eigenvalue weighted by Crippen LogP contribution is -2.25.